The monoisotopic (exact) mass is 436 g/mol. The summed E-state index contributed by atoms with van der Waals surface area (Å²) in [6.45, 7) is 1.92. The zero-order valence-corrected chi connectivity index (χ0v) is 17.1. The Morgan fingerprint density at radius 2 is 1.93 bits per heavy atom. The first-order valence-electron chi connectivity index (χ1n) is 8.44. The molecule has 7 nitrogen and oxygen atoms in total. The van der Waals surface area contributed by atoms with Crippen molar-refractivity contribution < 1.29 is 27.4 Å². The number of hydrogen-bond acceptors (Lipinski definition) is 6. The van der Waals surface area contributed by atoms with Crippen molar-refractivity contribution in [1.82, 2.24) is 4.90 Å². The highest BCUT2D eigenvalue weighted by atomic mass is 32.2. The van der Waals surface area contributed by atoms with E-state index in [-0.39, 0.29) is 33.0 Å². The van der Waals surface area contributed by atoms with Crippen LogP contribution in [-0.2, 0) is 14.8 Å². The van der Waals surface area contributed by atoms with Gasteiger partial charge < -0.3 is 9.84 Å². The standard InChI is InChI=1S/C19H17FN2O5S2/c1-3-22-18(24)17(11-12-4-9-15(23)16(10-12)27-2)28-19(22)21-29(25,26)14-7-5-13(20)6-8-14/h4-11,23H,3H2,1-2H3/b17-11-,21-19?. The zero-order valence-electron chi connectivity index (χ0n) is 15.5. The van der Waals surface area contributed by atoms with E-state index in [2.05, 4.69) is 4.40 Å². The molecular weight excluding hydrogens is 419 g/mol. The van der Waals surface area contributed by atoms with Crippen LogP contribution >= 0.6 is 11.8 Å². The van der Waals surface area contributed by atoms with Gasteiger partial charge in [-0.3, -0.25) is 9.69 Å². The van der Waals surface area contributed by atoms with E-state index in [9.17, 15) is 22.7 Å². The van der Waals surface area contributed by atoms with Crippen molar-refractivity contribution in [2.45, 2.75) is 11.8 Å². The average molecular weight is 436 g/mol. The molecule has 1 aliphatic heterocycles. The number of phenolic OH excluding ortho intramolecular Hbond substituents is 1. The zero-order chi connectivity index (χ0) is 21.2. The quantitative estimate of drug-likeness (QED) is 0.723. The molecule has 2 aromatic rings. The molecule has 2 aromatic carbocycles. The van der Waals surface area contributed by atoms with Gasteiger partial charge in [-0.15, -0.1) is 4.40 Å². The van der Waals surface area contributed by atoms with Crippen LogP contribution in [0.15, 0.2) is 56.7 Å². The summed E-state index contributed by atoms with van der Waals surface area (Å²) in [5.74, 6) is -0.748. The van der Waals surface area contributed by atoms with E-state index < -0.39 is 21.7 Å². The molecule has 1 fully saturated rings. The number of carbonyl (C=O) groups excluding carboxylic acids is 1. The molecule has 0 saturated carbocycles. The van der Waals surface area contributed by atoms with Crippen molar-refractivity contribution in [1.29, 1.82) is 0 Å². The first-order valence-corrected chi connectivity index (χ1v) is 10.7. The number of thioether (sulfide) groups is 1. The minimum atomic E-state index is -4.11. The topological polar surface area (TPSA) is 96.3 Å². The first-order chi connectivity index (χ1) is 13.7. The Morgan fingerprint density at radius 1 is 1.24 bits per heavy atom. The molecule has 152 valence electrons. The highest BCUT2D eigenvalue weighted by Crippen LogP contribution is 2.35. The minimum Gasteiger partial charge on any atom is -0.504 e. The summed E-state index contributed by atoms with van der Waals surface area (Å²) in [4.78, 5) is 14.0. The van der Waals surface area contributed by atoms with Crippen LogP contribution in [0.5, 0.6) is 11.5 Å². The van der Waals surface area contributed by atoms with Crippen LogP contribution in [0.25, 0.3) is 6.08 Å². The molecule has 1 heterocycles. The molecule has 1 N–H and O–H groups in total. The molecule has 0 aliphatic carbocycles. The third-order valence-electron chi connectivity index (χ3n) is 4.02. The molecule has 0 bridgehead atoms. The third-order valence-corrected chi connectivity index (χ3v) is 6.42. The third kappa shape index (κ3) is 4.43. The number of nitrogens with zero attached hydrogens (tertiary/aromatic N) is 2. The van der Waals surface area contributed by atoms with Crippen LogP contribution in [0.4, 0.5) is 4.39 Å². The number of halogens is 1. The summed E-state index contributed by atoms with van der Waals surface area (Å²) in [6.07, 6.45) is 1.56. The summed E-state index contributed by atoms with van der Waals surface area (Å²) >= 11 is 0.920. The van der Waals surface area contributed by atoms with Crippen LogP contribution in [-0.4, -0.2) is 43.2 Å². The number of methoxy groups -OCH3 is 1. The largest absolute Gasteiger partial charge is 0.504 e. The van der Waals surface area contributed by atoms with Crippen molar-refractivity contribution in [2.24, 2.45) is 4.40 Å². The van der Waals surface area contributed by atoms with Crippen molar-refractivity contribution in [3.05, 3.63) is 58.8 Å². The maximum absolute atomic E-state index is 13.1. The Morgan fingerprint density at radius 3 is 2.55 bits per heavy atom. The van der Waals surface area contributed by atoms with E-state index >= 15 is 0 Å². The lowest BCUT2D eigenvalue weighted by molar-refractivity contribution is -0.122. The Bertz CT molecular complexity index is 1110. The molecular formula is C19H17FN2O5S2. The van der Waals surface area contributed by atoms with Gasteiger partial charge in [0.25, 0.3) is 15.9 Å². The lowest BCUT2D eigenvalue weighted by atomic mass is 10.2. The molecule has 0 unspecified atom stereocenters. The molecule has 3 rings (SSSR count). The fourth-order valence-corrected chi connectivity index (χ4v) is 4.80. The molecule has 0 aromatic heterocycles. The molecule has 1 aliphatic rings. The van der Waals surface area contributed by atoms with E-state index in [1.807, 2.05) is 0 Å². The summed E-state index contributed by atoms with van der Waals surface area (Å²) in [5, 5.41) is 9.70. The number of benzene rings is 2. The van der Waals surface area contributed by atoms with E-state index in [0.717, 1.165) is 36.0 Å². The number of sulfonamides is 1. The average Bonchev–Trinajstić information content (AvgIpc) is 2.97. The lowest BCUT2D eigenvalue weighted by Crippen LogP contribution is -2.29. The van der Waals surface area contributed by atoms with Crippen LogP contribution in [0.1, 0.15) is 12.5 Å². The number of carbonyl (C=O) groups is 1. The second kappa shape index (κ2) is 8.26. The number of ether oxygens (including phenoxy) is 1. The maximum atomic E-state index is 13.1. The smallest absolute Gasteiger partial charge is 0.284 e. The van der Waals surface area contributed by atoms with E-state index in [4.69, 9.17) is 4.74 Å². The van der Waals surface area contributed by atoms with Gasteiger partial charge in [-0.05, 0) is 66.7 Å². The summed E-state index contributed by atoms with van der Waals surface area (Å²) in [5.41, 5.74) is 0.592. The Labute approximate surface area is 171 Å². The van der Waals surface area contributed by atoms with E-state index in [0.29, 0.717) is 5.56 Å². The number of rotatable bonds is 5. The normalized spacial score (nSPS) is 17.3. The van der Waals surface area contributed by atoms with Gasteiger partial charge in [0, 0.05) is 6.54 Å². The highest BCUT2D eigenvalue weighted by Gasteiger charge is 2.34. The van der Waals surface area contributed by atoms with Crippen molar-refractivity contribution in [3.8, 4) is 11.5 Å². The lowest BCUT2D eigenvalue weighted by Gasteiger charge is -2.11. The van der Waals surface area contributed by atoms with Crippen LogP contribution in [0.2, 0.25) is 0 Å². The van der Waals surface area contributed by atoms with Gasteiger partial charge >= 0.3 is 0 Å². The Hall–Kier alpha value is -2.85. The van der Waals surface area contributed by atoms with Crippen LogP contribution in [0.3, 0.4) is 0 Å². The predicted molar refractivity (Wildman–Crippen MR) is 109 cm³/mol. The van der Waals surface area contributed by atoms with Gasteiger partial charge in [-0.25, -0.2) is 4.39 Å². The van der Waals surface area contributed by atoms with Crippen molar-refractivity contribution in [2.75, 3.05) is 13.7 Å². The Kier molecular flexibility index (Phi) is 5.94. The number of phenols is 1. The molecule has 29 heavy (non-hydrogen) atoms. The molecule has 0 radical (unpaired) electrons. The van der Waals surface area contributed by atoms with Gasteiger partial charge in [-0.2, -0.15) is 8.42 Å². The van der Waals surface area contributed by atoms with Crippen LogP contribution < -0.4 is 4.74 Å². The van der Waals surface area contributed by atoms with Gasteiger partial charge in [0.05, 0.1) is 16.9 Å². The van der Waals surface area contributed by atoms with Crippen molar-refractivity contribution in [3.63, 3.8) is 0 Å². The first kappa shape index (κ1) is 20.9. The number of hydrogen-bond donors (Lipinski definition) is 1. The van der Waals surface area contributed by atoms with Gasteiger partial charge in [0.1, 0.15) is 5.82 Å². The fourth-order valence-electron chi connectivity index (χ4n) is 2.55. The van der Waals surface area contributed by atoms with Gasteiger partial charge in [0.15, 0.2) is 16.7 Å². The van der Waals surface area contributed by atoms with Crippen LogP contribution in [0, 0.1) is 5.82 Å². The summed E-state index contributed by atoms with van der Waals surface area (Å²) < 4.78 is 47.0. The molecule has 1 amide bonds. The second-order valence-corrected chi connectivity index (χ2v) is 8.51. The SMILES string of the molecule is CCN1C(=O)/C(=C/c2ccc(O)c(OC)c2)SC1=NS(=O)(=O)c1ccc(F)cc1. The fraction of sp³-hybridized carbons (Fsp3) is 0.158. The summed E-state index contributed by atoms with van der Waals surface area (Å²) in [7, 11) is -2.71. The van der Waals surface area contributed by atoms with Crippen molar-refractivity contribution >= 4 is 38.9 Å². The Balaban J connectivity index is 1.96. The molecule has 1 saturated heterocycles. The minimum absolute atomic E-state index is 0.0128. The number of amides is 1. The maximum Gasteiger partial charge on any atom is 0.284 e. The number of amidine groups is 1. The summed E-state index contributed by atoms with van der Waals surface area (Å²) in [6, 6.07) is 8.87. The van der Waals surface area contributed by atoms with Gasteiger partial charge in [0.2, 0.25) is 0 Å². The number of aromatic hydroxyl groups is 1. The van der Waals surface area contributed by atoms with Gasteiger partial charge in [-0.1, -0.05) is 6.07 Å². The van der Waals surface area contributed by atoms with E-state index in [1.54, 1.807) is 25.1 Å². The number of likely N-dealkylation sites (N-methyl/N-ethyl adjacent to an activating group) is 1. The molecule has 0 spiro atoms. The van der Waals surface area contributed by atoms with E-state index in [1.165, 1.54) is 18.1 Å². The highest BCUT2D eigenvalue weighted by molar-refractivity contribution is 8.19. The predicted octanol–water partition coefficient (Wildman–Crippen LogP) is 3.22. The second-order valence-electron chi connectivity index (χ2n) is 5.89. The molecule has 0 atom stereocenters. The molecule has 10 heteroatoms.